The number of aliphatic hydroxyl groups excluding tert-OH is 1. The summed E-state index contributed by atoms with van der Waals surface area (Å²) in [6.07, 6.45) is 1.36. The van der Waals surface area contributed by atoms with Gasteiger partial charge in [0.05, 0.1) is 11.7 Å². The normalized spacial score (nSPS) is 45.9. The number of hydrogen-bond acceptors (Lipinski definition) is 4. The van der Waals surface area contributed by atoms with Gasteiger partial charge in [0.15, 0.2) is 0 Å². The SMILES string of the molecule is CC1(C)[C@@H]2C[C@@H](O)[C@@](C)(O)[C@H]1C2.O[B]O. The van der Waals surface area contributed by atoms with Crippen LogP contribution < -0.4 is 0 Å². The molecular weight excluding hydrogens is 195 g/mol. The van der Waals surface area contributed by atoms with Crippen molar-refractivity contribution in [3.05, 3.63) is 0 Å². The first-order valence-corrected chi connectivity index (χ1v) is 5.29. The van der Waals surface area contributed by atoms with Gasteiger partial charge in [-0.2, -0.15) is 0 Å². The Kier molecular flexibility index (Phi) is 3.50. The van der Waals surface area contributed by atoms with E-state index in [0.717, 1.165) is 12.8 Å². The molecule has 4 N–H and O–H groups in total. The summed E-state index contributed by atoms with van der Waals surface area (Å²) in [5, 5.41) is 33.7. The van der Waals surface area contributed by atoms with Crippen molar-refractivity contribution >= 4 is 7.69 Å². The largest absolute Gasteiger partial charge is 0.482 e. The van der Waals surface area contributed by atoms with Crippen molar-refractivity contribution in [3.8, 4) is 0 Å². The molecule has 4 atom stereocenters. The predicted octanol–water partition coefficient (Wildman–Crippen LogP) is -0.331. The van der Waals surface area contributed by atoms with Crippen molar-refractivity contribution in [2.75, 3.05) is 0 Å². The van der Waals surface area contributed by atoms with Crippen LogP contribution in [0, 0.1) is 17.3 Å². The van der Waals surface area contributed by atoms with E-state index in [9.17, 15) is 10.2 Å². The quantitative estimate of drug-likeness (QED) is 0.417. The highest BCUT2D eigenvalue weighted by Crippen LogP contribution is 2.62. The van der Waals surface area contributed by atoms with E-state index in [1.54, 1.807) is 6.92 Å². The molecule has 3 rings (SSSR count). The third kappa shape index (κ3) is 1.94. The van der Waals surface area contributed by atoms with Gasteiger partial charge < -0.3 is 20.3 Å². The monoisotopic (exact) mass is 215 g/mol. The maximum absolute atomic E-state index is 10.0. The standard InChI is InChI=1S/C10H18O2.BH2O2/c1-9(2)6-4-7(9)10(3,12)8(11)5-6;2-1-3/h6-8,11-12H,4-5H2,1-3H3;2-3H/t6-,7-,8+,10-;/m0./s1. The third-order valence-electron chi connectivity index (χ3n) is 4.36. The van der Waals surface area contributed by atoms with Crippen molar-refractivity contribution < 1.29 is 20.3 Å². The Morgan fingerprint density at radius 3 is 1.87 bits per heavy atom. The third-order valence-corrected chi connectivity index (χ3v) is 4.36. The van der Waals surface area contributed by atoms with Gasteiger partial charge in [0.25, 0.3) is 0 Å². The Bertz CT molecular complexity index is 229. The second-order valence-electron chi connectivity index (χ2n) is 5.40. The smallest absolute Gasteiger partial charge is 0.429 e. The molecule has 4 nitrogen and oxygen atoms in total. The van der Waals surface area contributed by atoms with Crippen LogP contribution in [0.1, 0.15) is 33.6 Å². The number of aliphatic hydroxyl groups is 2. The van der Waals surface area contributed by atoms with Crippen LogP contribution in [0.3, 0.4) is 0 Å². The lowest BCUT2D eigenvalue weighted by atomic mass is 9.43. The van der Waals surface area contributed by atoms with E-state index in [2.05, 4.69) is 13.8 Å². The van der Waals surface area contributed by atoms with Crippen molar-refractivity contribution in [1.29, 1.82) is 0 Å². The average Bonchev–Trinajstić information content (AvgIpc) is 2.10. The highest BCUT2D eigenvalue weighted by Gasteiger charge is 2.62. The summed E-state index contributed by atoms with van der Waals surface area (Å²) in [4.78, 5) is 0. The Morgan fingerprint density at radius 1 is 1.13 bits per heavy atom. The predicted molar refractivity (Wildman–Crippen MR) is 56.8 cm³/mol. The highest BCUT2D eigenvalue weighted by atomic mass is 16.4. The Hall–Kier alpha value is -0.0951. The molecule has 5 heteroatoms. The van der Waals surface area contributed by atoms with Crippen LogP contribution in [0.4, 0.5) is 0 Å². The Balaban J connectivity index is 0.000000337. The van der Waals surface area contributed by atoms with Gasteiger partial charge in [0, 0.05) is 0 Å². The molecular formula is C10H20BO4. The second kappa shape index (κ2) is 4.05. The maximum atomic E-state index is 10.0. The summed E-state index contributed by atoms with van der Waals surface area (Å²) in [5.41, 5.74) is -0.610. The fourth-order valence-electron chi connectivity index (χ4n) is 3.15. The first-order chi connectivity index (χ1) is 6.78. The van der Waals surface area contributed by atoms with Gasteiger partial charge >= 0.3 is 7.69 Å². The van der Waals surface area contributed by atoms with Crippen LogP contribution in [-0.2, 0) is 0 Å². The Morgan fingerprint density at radius 2 is 1.60 bits per heavy atom. The second-order valence-corrected chi connectivity index (χ2v) is 5.40. The minimum Gasteiger partial charge on any atom is -0.429 e. The highest BCUT2D eigenvalue weighted by molar-refractivity contribution is 6.13. The zero-order valence-corrected chi connectivity index (χ0v) is 9.51. The van der Waals surface area contributed by atoms with Gasteiger partial charge in [-0.25, -0.2) is 0 Å². The van der Waals surface area contributed by atoms with Crippen molar-refractivity contribution in [2.45, 2.75) is 45.3 Å². The molecule has 0 aliphatic heterocycles. The van der Waals surface area contributed by atoms with Crippen molar-refractivity contribution in [2.24, 2.45) is 17.3 Å². The van der Waals surface area contributed by atoms with E-state index < -0.39 is 11.7 Å². The molecule has 0 aromatic heterocycles. The number of fused-ring (bicyclic) bond motifs is 2. The lowest BCUT2D eigenvalue weighted by molar-refractivity contribution is -0.245. The van der Waals surface area contributed by atoms with Gasteiger partial charge in [-0.1, -0.05) is 13.8 Å². The molecule has 15 heavy (non-hydrogen) atoms. The summed E-state index contributed by atoms with van der Waals surface area (Å²) in [6.45, 7) is 6.18. The lowest BCUT2D eigenvalue weighted by Gasteiger charge is -2.64. The lowest BCUT2D eigenvalue weighted by Crippen LogP contribution is -2.66. The van der Waals surface area contributed by atoms with Crippen molar-refractivity contribution in [1.82, 2.24) is 0 Å². The van der Waals surface area contributed by atoms with Crippen LogP contribution in [0.2, 0.25) is 0 Å². The molecule has 3 saturated carbocycles. The summed E-state index contributed by atoms with van der Waals surface area (Å²) < 4.78 is 0. The van der Waals surface area contributed by atoms with E-state index in [1.165, 1.54) is 0 Å². The maximum Gasteiger partial charge on any atom is 0.482 e. The summed E-state index contributed by atoms with van der Waals surface area (Å²) >= 11 is 0. The minimum atomic E-state index is -0.849. The van der Waals surface area contributed by atoms with Gasteiger partial charge in [-0.3, -0.25) is 0 Å². The zero-order valence-electron chi connectivity index (χ0n) is 9.51. The van der Waals surface area contributed by atoms with Gasteiger partial charge in [0.1, 0.15) is 0 Å². The Labute approximate surface area is 91.3 Å². The minimum absolute atomic E-state index is 0. The van der Waals surface area contributed by atoms with E-state index in [1.807, 2.05) is 0 Å². The molecule has 0 unspecified atom stereocenters. The summed E-state index contributed by atoms with van der Waals surface area (Å²) in [5.74, 6) is 0.913. The van der Waals surface area contributed by atoms with E-state index in [4.69, 9.17) is 10.0 Å². The van der Waals surface area contributed by atoms with Crippen LogP contribution in [0.5, 0.6) is 0 Å². The zero-order chi connectivity index (χ0) is 11.9. The summed E-state index contributed by atoms with van der Waals surface area (Å²) in [7, 11) is 0. The molecule has 3 fully saturated rings. The molecule has 0 heterocycles. The molecule has 2 bridgehead atoms. The fraction of sp³-hybridized carbons (Fsp3) is 1.00. The topological polar surface area (TPSA) is 80.9 Å². The van der Waals surface area contributed by atoms with E-state index in [-0.39, 0.29) is 13.1 Å². The summed E-state index contributed by atoms with van der Waals surface area (Å²) in [6, 6.07) is 0. The average molecular weight is 215 g/mol. The molecule has 87 valence electrons. The van der Waals surface area contributed by atoms with Crippen LogP contribution in [0.15, 0.2) is 0 Å². The molecule has 0 amide bonds. The van der Waals surface area contributed by atoms with E-state index in [0.29, 0.717) is 11.8 Å². The van der Waals surface area contributed by atoms with Gasteiger partial charge in [-0.15, -0.1) is 0 Å². The molecule has 3 aliphatic carbocycles. The first kappa shape index (κ1) is 13.0. The van der Waals surface area contributed by atoms with Gasteiger partial charge in [0.2, 0.25) is 0 Å². The number of rotatable bonds is 0. The number of hydrogen-bond donors (Lipinski definition) is 4. The molecule has 0 aromatic carbocycles. The van der Waals surface area contributed by atoms with Gasteiger partial charge in [-0.05, 0) is 37.0 Å². The van der Waals surface area contributed by atoms with Crippen LogP contribution in [-0.4, -0.2) is 39.7 Å². The van der Waals surface area contributed by atoms with Crippen molar-refractivity contribution in [3.63, 3.8) is 0 Å². The molecule has 3 aliphatic rings. The first-order valence-electron chi connectivity index (χ1n) is 5.29. The molecule has 1 radical (unpaired) electrons. The molecule has 0 spiro atoms. The molecule has 0 saturated heterocycles. The van der Waals surface area contributed by atoms with E-state index >= 15 is 0 Å². The van der Waals surface area contributed by atoms with Crippen LogP contribution >= 0.6 is 0 Å². The molecule has 0 aromatic rings. The fourth-order valence-corrected chi connectivity index (χ4v) is 3.15. The van der Waals surface area contributed by atoms with Crippen LogP contribution in [0.25, 0.3) is 0 Å².